The Hall–Kier alpha value is -1.79. The minimum Gasteiger partial charge on any atom is -0.387 e. The molecule has 1 N–H and O–H groups in total. The molecular weight excluding hydrogens is 283 g/mol. The molecule has 0 amide bonds. The number of hydrogen-bond donors (Lipinski definition) is 1. The normalized spacial score (nSPS) is 17.5. The van der Waals surface area contributed by atoms with Crippen molar-refractivity contribution in [2.24, 2.45) is 0 Å². The fraction of sp³-hybridized carbons (Fsp3) is 0.500. The molecule has 1 atom stereocenters. The average molecular weight is 304 g/mol. The fourth-order valence-electron chi connectivity index (χ4n) is 2.70. The molecule has 2 heterocycles. The first kappa shape index (κ1) is 15.1. The SMILES string of the molecule is Cc1cc(CCN2CC(n3cc(C(C)O)nn3)C2)ccc1F. The van der Waals surface area contributed by atoms with Crippen LogP contribution in [0, 0.1) is 12.7 Å². The zero-order chi connectivity index (χ0) is 15.7. The number of likely N-dealkylation sites (tertiary alicyclic amines) is 1. The molecule has 0 bridgehead atoms. The second-order valence-corrected chi connectivity index (χ2v) is 6.05. The van der Waals surface area contributed by atoms with Gasteiger partial charge in [0.1, 0.15) is 11.5 Å². The van der Waals surface area contributed by atoms with Crippen molar-refractivity contribution in [1.82, 2.24) is 19.9 Å². The number of rotatable bonds is 5. The monoisotopic (exact) mass is 304 g/mol. The van der Waals surface area contributed by atoms with Crippen LogP contribution in [0.1, 0.15) is 35.9 Å². The van der Waals surface area contributed by atoms with E-state index in [1.54, 1.807) is 13.8 Å². The molecule has 1 aliphatic rings. The lowest BCUT2D eigenvalue weighted by Crippen LogP contribution is -2.48. The van der Waals surface area contributed by atoms with E-state index in [4.69, 9.17) is 0 Å². The Kier molecular flexibility index (Phi) is 4.22. The Balaban J connectivity index is 1.48. The second-order valence-electron chi connectivity index (χ2n) is 6.05. The molecule has 1 fully saturated rings. The number of hydrogen-bond acceptors (Lipinski definition) is 4. The Morgan fingerprint density at radius 1 is 1.41 bits per heavy atom. The minimum absolute atomic E-state index is 0.145. The molecule has 6 heteroatoms. The molecule has 1 aromatic heterocycles. The summed E-state index contributed by atoms with van der Waals surface area (Å²) in [6.45, 7) is 6.31. The maximum atomic E-state index is 13.2. The molecular formula is C16H21FN4O. The van der Waals surface area contributed by atoms with Crippen LogP contribution in [0.25, 0.3) is 0 Å². The van der Waals surface area contributed by atoms with Gasteiger partial charge in [-0.2, -0.15) is 0 Å². The van der Waals surface area contributed by atoms with Crippen molar-refractivity contribution in [3.05, 3.63) is 47.0 Å². The van der Waals surface area contributed by atoms with Gasteiger partial charge in [-0.05, 0) is 37.5 Å². The van der Waals surface area contributed by atoms with Gasteiger partial charge in [-0.1, -0.05) is 17.3 Å². The van der Waals surface area contributed by atoms with E-state index in [0.717, 1.165) is 26.1 Å². The molecule has 2 aromatic rings. The van der Waals surface area contributed by atoms with Gasteiger partial charge in [0.25, 0.3) is 0 Å². The van der Waals surface area contributed by atoms with Crippen molar-refractivity contribution in [2.75, 3.05) is 19.6 Å². The van der Waals surface area contributed by atoms with Crippen LogP contribution in [0.3, 0.4) is 0 Å². The van der Waals surface area contributed by atoms with Crippen LogP contribution in [-0.4, -0.2) is 44.6 Å². The van der Waals surface area contributed by atoms with Gasteiger partial charge in [-0.3, -0.25) is 4.90 Å². The third-order valence-corrected chi connectivity index (χ3v) is 4.21. The highest BCUT2D eigenvalue weighted by Crippen LogP contribution is 2.22. The lowest BCUT2D eigenvalue weighted by molar-refractivity contribution is 0.0986. The largest absolute Gasteiger partial charge is 0.387 e. The van der Waals surface area contributed by atoms with Crippen LogP contribution in [0.5, 0.6) is 0 Å². The fourth-order valence-corrected chi connectivity index (χ4v) is 2.70. The van der Waals surface area contributed by atoms with E-state index in [9.17, 15) is 9.50 Å². The first-order valence-corrected chi connectivity index (χ1v) is 7.60. The Bertz CT molecular complexity index is 649. The van der Waals surface area contributed by atoms with Gasteiger partial charge in [-0.25, -0.2) is 9.07 Å². The van der Waals surface area contributed by atoms with E-state index >= 15 is 0 Å². The lowest BCUT2D eigenvalue weighted by atomic mass is 10.1. The summed E-state index contributed by atoms with van der Waals surface area (Å²) in [5, 5.41) is 17.5. The quantitative estimate of drug-likeness (QED) is 0.916. The molecule has 22 heavy (non-hydrogen) atoms. The van der Waals surface area contributed by atoms with Gasteiger partial charge >= 0.3 is 0 Å². The van der Waals surface area contributed by atoms with E-state index in [1.807, 2.05) is 23.0 Å². The van der Waals surface area contributed by atoms with Gasteiger partial charge in [0, 0.05) is 19.6 Å². The highest BCUT2D eigenvalue weighted by Gasteiger charge is 2.29. The standard InChI is InChI=1S/C16H21FN4O/c1-11-7-13(3-4-15(11)17)5-6-20-8-14(9-20)21-10-16(12(2)22)18-19-21/h3-4,7,10,12,14,22H,5-6,8-9H2,1-2H3. The minimum atomic E-state index is -0.577. The van der Waals surface area contributed by atoms with Gasteiger partial charge in [0.2, 0.25) is 0 Å². The summed E-state index contributed by atoms with van der Waals surface area (Å²) in [6, 6.07) is 5.64. The predicted molar refractivity (Wildman–Crippen MR) is 81.0 cm³/mol. The lowest BCUT2D eigenvalue weighted by Gasteiger charge is -2.38. The Labute approximate surface area is 129 Å². The number of aliphatic hydroxyl groups is 1. The predicted octanol–water partition coefficient (Wildman–Crippen LogP) is 1.88. The Morgan fingerprint density at radius 2 is 2.18 bits per heavy atom. The maximum absolute atomic E-state index is 13.2. The van der Waals surface area contributed by atoms with E-state index < -0.39 is 6.10 Å². The number of aliphatic hydroxyl groups excluding tert-OH is 1. The first-order valence-electron chi connectivity index (χ1n) is 7.60. The van der Waals surface area contributed by atoms with Crippen molar-refractivity contribution >= 4 is 0 Å². The highest BCUT2D eigenvalue weighted by atomic mass is 19.1. The summed E-state index contributed by atoms with van der Waals surface area (Å²) in [6.07, 6.45) is 2.16. The molecule has 5 nitrogen and oxygen atoms in total. The van der Waals surface area contributed by atoms with Crippen LogP contribution in [-0.2, 0) is 6.42 Å². The van der Waals surface area contributed by atoms with Crippen LogP contribution < -0.4 is 0 Å². The van der Waals surface area contributed by atoms with Crippen molar-refractivity contribution in [3.63, 3.8) is 0 Å². The number of aromatic nitrogens is 3. The molecule has 1 unspecified atom stereocenters. The number of halogens is 1. The van der Waals surface area contributed by atoms with Gasteiger partial charge < -0.3 is 5.11 Å². The molecule has 0 aliphatic carbocycles. The van der Waals surface area contributed by atoms with Crippen LogP contribution >= 0.6 is 0 Å². The molecule has 118 valence electrons. The van der Waals surface area contributed by atoms with Gasteiger partial charge in [0.05, 0.1) is 18.3 Å². The number of nitrogens with zero attached hydrogens (tertiary/aromatic N) is 4. The summed E-state index contributed by atoms with van der Waals surface area (Å²) in [7, 11) is 0. The molecule has 0 saturated carbocycles. The zero-order valence-corrected chi connectivity index (χ0v) is 12.9. The topological polar surface area (TPSA) is 54.2 Å². The van der Waals surface area contributed by atoms with Crippen LogP contribution in [0.4, 0.5) is 4.39 Å². The van der Waals surface area contributed by atoms with Crippen molar-refractivity contribution in [1.29, 1.82) is 0 Å². The first-order chi connectivity index (χ1) is 10.5. The summed E-state index contributed by atoms with van der Waals surface area (Å²) in [5.41, 5.74) is 2.48. The van der Waals surface area contributed by atoms with Crippen molar-refractivity contribution in [2.45, 2.75) is 32.4 Å². The van der Waals surface area contributed by atoms with E-state index in [1.165, 1.54) is 11.6 Å². The van der Waals surface area contributed by atoms with Crippen molar-refractivity contribution in [3.8, 4) is 0 Å². The van der Waals surface area contributed by atoms with Crippen LogP contribution in [0.15, 0.2) is 24.4 Å². The second kappa shape index (κ2) is 6.14. The molecule has 0 spiro atoms. The molecule has 3 rings (SSSR count). The third kappa shape index (κ3) is 3.18. The third-order valence-electron chi connectivity index (χ3n) is 4.21. The molecule has 1 aliphatic heterocycles. The summed E-state index contributed by atoms with van der Waals surface area (Å²) in [4.78, 5) is 2.34. The summed E-state index contributed by atoms with van der Waals surface area (Å²) in [5.74, 6) is -0.145. The summed E-state index contributed by atoms with van der Waals surface area (Å²) >= 11 is 0. The molecule has 1 aromatic carbocycles. The summed E-state index contributed by atoms with van der Waals surface area (Å²) < 4.78 is 15.1. The van der Waals surface area contributed by atoms with E-state index in [0.29, 0.717) is 17.3 Å². The number of aryl methyl sites for hydroxylation is 1. The van der Waals surface area contributed by atoms with Crippen molar-refractivity contribution < 1.29 is 9.50 Å². The smallest absolute Gasteiger partial charge is 0.126 e. The average Bonchev–Trinajstić information content (AvgIpc) is 2.90. The van der Waals surface area contributed by atoms with E-state index in [-0.39, 0.29) is 5.82 Å². The van der Waals surface area contributed by atoms with E-state index in [2.05, 4.69) is 15.2 Å². The zero-order valence-electron chi connectivity index (χ0n) is 12.9. The maximum Gasteiger partial charge on any atom is 0.126 e. The highest BCUT2D eigenvalue weighted by molar-refractivity contribution is 5.24. The Morgan fingerprint density at radius 3 is 2.82 bits per heavy atom. The molecule has 0 radical (unpaired) electrons. The molecule has 1 saturated heterocycles. The van der Waals surface area contributed by atoms with Gasteiger partial charge in [0.15, 0.2) is 0 Å². The van der Waals surface area contributed by atoms with Crippen LogP contribution in [0.2, 0.25) is 0 Å². The van der Waals surface area contributed by atoms with Gasteiger partial charge in [-0.15, -0.1) is 5.10 Å². The number of benzene rings is 1.